The molecule has 12 heavy (non-hydrogen) atoms. The second-order valence-electron chi connectivity index (χ2n) is 2.95. The Morgan fingerprint density at radius 2 is 1.83 bits per heavy atom. The van der Waals surface area contributed by atoms with Crippen molar-refractivity contribution in [3.63, 3.8) is 0 Å². The van der Waals surface area contributed by atoms with Crippen LogP contribution in [-0.2, 0) is 9.47 Å². The standard InChI is InChI=1S/C8H17NO3/c1-3-11-7(12-4-2)8(10)5-9-6-8/h7,9-10H,3-6H2,1-2H3. The van der Waals surface area contributed by atoms with Crippen LogP contribution in [0.25, 0.3) is 0 Å². The molecule has 1 rings (SSSR count). The summed E-state index contributed by atoms with van der Waals surface area (Å²) < 4.78 is 10.6. The minimum atomic E-state index is -0.813. The number of rotatable bonds is 5. The van der Waals surface area contributed by atoms with Gasteiger partial charge in [0.15, 0.2) is 6.29 Å². The minimum absolute atomic E-state index is 0.478. The number of hydrogen-bond acceptors (Lipinski definition) is 4. The molecule has 1 fully saturated rings. The Kier molecular flexibility index (Phi) is 3.46. The third kappa shape index (κ3) is 1.95. The molecule has 4 nitrogen and oxygen atoms in total. The molecule has 1 saturated heterocycles. The van der Waals surface area contributed by atoms with Crippen LogP contribution in [0, 0.1) is 0 Å². The molecule has 0 aromatic heterocycles. The third-order valence-corrected chi connectivity index (χ3v) is 1.94. The fraction of sp³-hybridized carbons (Fsp3) is 1.00. The van der Waals surface area contributed by atoms with Gasteiger partial charge in [0.25, 0.3) is 0 Å². The highest BCUT2D eigenvalue weighted by atomic mass is 16.7. The molecule has 72 valence electrons. The molecule has 0 atom stereocenters. The van der Waals surface area contributed by atoms with E-state index in [1.165, 1.54) is 0 Å². The third-order valence-electron chi connectivity index (χ3n) is 1.94. The summed E-state index contributed by atoms with van der Waals surface area (Å²) in [5.74, 6) is 0. The molecular formula is C8H17NO3. The molecule has 0 saturated carbocycles. The Morgan fingerprint density at radius 1 is 1.33 bits per heavy atom. The summed E-state index contributed by atoms with van der Waals surface area (Å²) in [5.41, 5.74) is -0.813. The molecule has 4 heteroatoms. The topological polar surface area (TPSA) is 50.7 Å². The van der Waals surface area contributed by atoms with E-state index in [4.69, 9.17) is 9.47 Å². The Labute approximate surface area is 72.9 Å². The Balaban J connectivity index is 2.40. The lowest BCUT2D eigenvalue weighted by Gasteiger charge is -2.42. The van der Waals surface area contributed by atoms with E-state index in [-0.39, 0.29) is 0 Å². The van der Waals surface area contributed by atoms with Gasteiger partial charge in [-0.25, -0.2) is 0 Å². The maximum Gasteiger partial charge on any atom is 0.188 e. The summed E-state index contributed by atoms with van der Waals surface area (Å²) in [7, 11) is 0. The largest absolute Gasteiger partial charge is 0.382 e. The average molecular weight is 175 g/mol. The van der Waals surface area contributed by atoms with Crippen LogP contribution in [0.1, 0.15) is 13.8 Å². The highest BCUT2D eigenvalue weighted by Crippen LogP contribution is 2.19. The van der Waals surface area contributed by atoms with Crippen LogP contribution in [0.5, 0.6) is 0 Å². The van der Waals surface area contributed by atoms with Crippen LogP contribution >= 0.6 is 0 Å². The smallest absolute Gasteiger partial charge is 0.188 e. The van der Waals surface area contributed by atoms with Crippen LogP contribution in [0.15, 0.2) is 0 Å². The van der Waals surface area contributed by atoms with E-state index in [1.54, 1.807) is 0 Å². The van der Waals surface area contributed by atoms with Gasteiger partial charge in [0.1, 0.15) is 5.60 Å². The molecule has 1 heterocycles. The fourth-order valence-electron chi connectivity index (χ4n) is 1.21. The van der Waals surface area contributed by atoms with Gasteiger partial charge in [0.05, 0.1) is 0 Å². The van der Waals surface area contributed by atoms with Crippen molar-refractivity contribution >= 4 is 0 Å². The van der Waals surface area contributed by atoms with Crippen LogP contribution < -0.4 is 5.32 Å². The molecule has 1 aliphatic rings. The van der Waals surface area contributed by atoms with Crippen molar-refractivity contribution in [2.45, 2.75) is 25.7 Å². The predicted octanol–water partition coefficient (Wildman–Crippen LogP) is -0.280. The first-order chi connectivity index (χ1) is 5.73. The van der Waals surface area contributed by atoms with Gasteiger partial charge in [-0.3, -0.25) is 0 Å². The van der Waals surface area contributed by atoms with Gasteiger partial charge in [0.2, 0.25) is 0 Å². The second kappa shape index (κ2) is 4.18. The first kappa shape index (κ1) is 9.92. The van der Waals surface area contributed by atoms with Gasteiger partial charge in [0, 0.05) is 26.3 Å². The lowest BCUT2D eigenvalue weighted by atomic mass is 9.96. The highest BCUT2D eigenvalue weighted by molar-refractivity contribution is 4.95. The van der Waals surface area contributed by atoms with E-state index in [9.17, 15) is 5.11 Å². The second-order valence-corrected chi connectivity index (χ2v) is 2.95. The zero-order valence-electron chi connectivity index (χ0n) is 7.67. The summed E-state index contributed by atoms with van der Waals surface area (Å²) in [6.07, 6.45) is -0.478. The summed E-state index contributed by atoms with van der Waals surface area (Å²) in [6, 6.07) is 0. The predicted molar refractivity (Wildman–Crippen MR) is 44.9 cm³/mol. The summed E-state index contributed by atoms with van der Waals surface area (Å²) >= 11 is 0. The first-order valence-electron chi connectivity index (χ1n) is 4.39. The lowest BCUT2D eigenvalue weighted by Crippen LogP contribution is -2.67. The molecule has 0 aliphatic carbocycles. The first-order valence-corrected chi connectivity index (χ1v) is 4.39. The summed E-state index contributed by atoms with van der Waals surface area (Å²) in [6.45, 7) is 6.01. The minimum Gasteiger partial charge on any atom is -0.382 e. The quantitative estimate of drug-likeness (QED) is 0.564. The van der Waals surface area contributed by atoms with Crippen molar-refractivity contribution < 1.29 is 14.6 Å². The molecule has 0 aromatic carbocycles. The molecule has 0 bridgehead atoms. The fourth-order valence-corrected chi connectivity index (χ4v) is 1.21. The average Bonchev–Trinajstić information content (AvgIpc) is 2.00. The molecular weight excluding hydrogens is 158 g/mol. The van der Waals surface area contributed by atoms with E-state index < -0.39 is 11.9 Å². The number of nitrogens with one attached hydrogen (secondary N) is 1. The zero-order chi connectivity index (χ0) is 9.03. The molecule has 1 aliphatic heterocycles. The van der Waals surface area contributed by atoms with Gasteiger partial charge < -0.3 is 19.9 Å². The maximum absolute atomic E-state index is 9.82. The van der Waals surface area contributed by atoms with Gasteiger partial charge in [-0.05, 0) is 13.8 Å². The highest BCUT2D eigenvalue weighted by Gasteiger charge is 2.43. The molecule has 0 amide bonds. The number of ether oxygens (including phenoxy) is 2. The van der Waals surface area contributed by atoms with E-state index in [1.807, 2.05) is 13.8 Å². The van der Waals surface area contributed by atoms with Gasteiger partial charge in [-0.2, -0.15) is 0 Å². The van der Waals surface area contributed by atoms with Crippen molar-refractivity contribution in [2.24, 2.45) is 0 Å². The Hall–Kier alpha value is -0.160. The van der Waals surface area contributed by atoms with Crippen molar-refractivity contribution in [1.82, 2.24) is 5.32 Å². The van der Waals surface area contributed by atoms with Gasteiger partial charge in [-0.15, -0.1) is 0 Å². The van der Waals surface area contributed by atoms with Crippen molar-refractivity contribution in [1.29, 1.82) is 0 Å². The molecule has 2 N–H and O–H groups in total. The zero-order valence-corrected chi connectivity index (χ0v) is 7.67. The van der Waals surface area contributed by atoms with Crippen LogP contribution in [0.3, 0.4) is 0 Å². The number of β-amino-alcohol motifs (C(OH)–C–C–N with tert-alkyl or cyclic N) is 1. The van der Waals surface area contributed by atoms with Gasteiger partial charge in [-0.1, -0.05) is 0 Å². The number of hydrogen-bond donors (Lipinski definition) is 2. The summed E-state index contributed by atoms with van der Waals surface area (Å²) in [4.78, 5) is 0. The molecule has 0 radical (unpaired) electrons. The Bertz CT molecular complexity index is 130. The lowest BCUT2D eigenvalue weighted by molar-refractivity contribution is -0.248. The SMILES string of the molecule is CCOC(OCC)C1(O)CNC1. The Morgan fingerprint density at radius 3 is 2.08 bits per heavy atom. The van der Waals surface area contributed by atoms with Crippen molar-refractivity contribution in [3.05, 3.63) is 0 Å². The summed E-state index contributed by atoms with van der Waals surface area (Å²) in [5, 5.41) is 12.8. The normalized spacial score (nSPS) is 21.0. The van der Waals surface area contributed by atoms with Crippen LogP contribution in [0.4, 0.5) is 0 Å². The molecule has 0 spiro atoms. The van der Waals surface area contributed by atoms with Crippen LogP contribution in [0.2, 0.25) is 0 Å². The van der Waals surface area contributed by atoms with E-state index >= 15 is 0 Å². The van der Waals surface area contributed by atoms with E-state index in [0.717, 1.165) is 0 Å². The molecule has 0 unspecified atom stereocenters. The molecule has 0 aromatic rings. The van der Waals surface area contributed by atoms with Crippen molar-refractivity contribution in [3.8, 4) is 0 Å². The monoisotopic (exact) mass is 175 g/mol. The van der Waals surface area contributed by atoms with E-state index in [0.29, 0.717) is 26.3 Å². The van der Waals surface area contributed by atoms with E-state index in [2.05, 4.69) is 5.32 Å². The van der Waals surface area contributed by atoms with Crippen LogP contribution in [-0.4, -0.2) is 43.3 Å². The van der Waals surface area contributed by atoms with Gasteiger partial charge >= 0.3 is 0 Å². The number of aliphatic hydroxyl groups is 1. The van der Waals surface area contributed by atoms with Crippen molar-refractivity contribution in [2.75, 3.05) is 26.3 Å². The maximum atomic E-state index is 9.82.